The van der Waals surface area contributed by atoms with Crippen molar-refractivity contribution in [2.45, 2.75) is 18.9 Å². The number of likely N-dealkylation sites (tertiary alicyclic amines) is 1. The van der Waals surface area contributed by atoms with Gasteiger partial charge in [0.15, 0.2) is 11.6 Å². The van der Waals surface area contributed by atoms with Crippen LogP contribution in [-0.2, 0) is 11.3 Å². The van der Waals surface area contributed by atoms with Crippen molar-refractivity contribution in [2.24, 2.45) is 0 Å². The number of carbonyl (C=O) groups excluding carboxylic acids is 1. The van der Waals surface area contributed by atoms with Crippen LogP contribution < -0.4 is 0 Å². The lowest BCUT2D eigenvalue weighted by Gasteiger charge is -2.15. The Labute approximate surface area is 132 Å². The van der Waals surface area contributed by atoms with E-state index in [1.807, 2.05) is 35.2 Å². The van der Waals surface area contributed by atoms with E-state index in [0.717, 1.165) is 5.56 Å². The van der Waals surface area contributed by atoms with Crippen molar-refractivity contribution in [1.82, 2.24) is 15.0 Å². The van der Waals surface area contributed by atoms with Gasteiger partial charge in [-0.25, -0.2) is 0 Å². The number of nitrogens with zero attached hydrogens (tertiary/aromatic N) is 3. The van der Waals surface area contributed by atoms with Crippen molar-refractivity contribution in [3.05, 3.63) is 60.1 Å². The highest BCUT2D eigenvalue weighted by atomic mass is 16.5. The minimum Gasteiger partial charge on any atom is -0.459 e. The minimum absolute atomic E-state index is 0.0429. The highest BCUT2D eigenvalue weighted by Crippen LogP contribution is 2.29. The first-order valence-corrected chi connectivity index (χ1v) is 7.49. The number of aromatic nitrogens is 2. The average Bonchev–Trinajstić information content (AvgIpc) is 3.29. The Hall–Kier alpha value is -2.89. The van der Waals surface area contributed by atoms with E-state index in [9.17, 15) is 4.79 Å². The van der Waals surface area contributed by atoms with Crippen molar-refractivity contribution in [2.75, 3.05) is 6.54 Å². The molecule has 6 heteroatoms. The molecule has 4 rings (SSSR count). The van der Waals surface area contributed by atoms with Crippen molar-refractivity contribution in [3.63, 3.8) is 0 Å². The summed E-state index contributed by atoms with van der Waals surface area (Å²) >= 11 is 0. The minimum atomic E-state index is -0.0429. The highest BCUT2D eigenvalue weighted by Gasteiger charge is 2.33. The van der Waals surface area contributed by atoms with Crippen LogP contribution in [0.2, 0.25) is 0 Å². The van der Waals surface area contributed by atoms with E-state index in [2.05, 4.69) is 10.1 Å². The second-order valence-corrected chi connectivity index (χ2v) is 5.60. The molecular formula is C17H15N3O3. The summed E-state index contributed by atoms with van der Waals surface area (Å²) in [4.78, 5) is 18.4. The van der Waals surface area contributed by atoms with Crippen LogP contribution in [0.3, 0.4) is 0 Å². The van der Waals surface area contributed by atoms with Crippen LogP contribution in [0.1, 0.15) is 23.7 Å². The maximum Gasteiger partial charge on any atom is 0.293 e. The summed E-state index contributed by atoms with van der Waals surface area (Å²) in [6.07, 6.45) is 1.96. The molecule has 1 saturated heterocycles. The van der Waals surface area contributed by atoms with E-state index in [1.165, 1.54) is 0 Å². The topological polar surface area (TPSA) is 72.4 Å². The van der Waals surface area contributed by atoms with Crippen molar-refractivity contribution in [3.8, 4) is 11.7 Å². The molecule has 2 aromatic heterocycles. The predicted molar refractivity (Wildman–Crippen MR) is 81.2 cm³/mol. The normalized spacial score (nSPS) is 17.8. The first kappa shape index (κ1) is 13.8. The zero-order valence-electron chi connectivity index (χ0n) is 12.4. The Balaban J connectivity index is 1.48. The number of hydrogen-bond donors (Lipinski definition) is 0. The van der Waals surface area contributed by atoms with Crippen LogP contribution >= 0.6 is 0 Å². The number of benzene rings is 1. The summed E-state index contributed by atoms with van der Waals surface area (Å²) in [6.45, 7) is 1.21. The van der Waals surface area contributed by atoms with Crippen LogP contribution in [0.4, 0.5) is 0 Å². The molecule has 1 atom stereocenters. The zero-order valence-corrected chi connectivity index (χ0v) is 12.4. The molecule has 1 aromatic carbocycles. The lowest BCUT2D eigenvalue weighted by Crippen LogP contribution is -2.24. The molecule has 0 saturated carbocycles. The van der Waals surface area contributed by atoms with Gasteiger partial charge < -0.3 is 13.8 Å². The molecule has 1 aliphatic rings. The fourth-order valence-electron chi connectivity index (χ4n) is 2.80. The van der Waals surface area contributed by atoms with Gasteiger partial charge in [0.05, 0.1) is 6.26 Å². The summed E-state index contributed by atoms with van der Waals surface area (Å²) in [5, 5.41) is 4.01. The Kier molecular flexibility index (Phi) is 3.42. The average molecular weight is 309 g/mol. The summed E-state index contributed by atoms with van der Waals surface area (Å²) in [6, 6.07) is 13.5. The Morgan fingerprint density at radius 3 is 2.83 bits per heavy atom. The van der Waals surface area contributed by atoms with Crippen LogP contribution in [0, 0.1) is 0 Å². The third-order valence-corrected chi connectivity index (χ3v) is 3.97. The monoisotopic (exact) mass is 309 g/mol. The van der Waals surface area contributed by atoms with Crippen LogP contribution in [0.15, 0.2) is 57.7 Å². The molecule has 1 amide bonds. The van der Waals surface area contributed by atoms with Gasteiger partial charge >= 0.3 is 0 Å². The van der Waals surface area contributed by atoms with E-state index in [-0.39, 0.29) is 11.8 Å². The number of carbonyl (C=O) groups is 1. The van der Waals surface area contributed by atoms with Gasteiger partial charge in [-0.3, -0.25) is 4.79 Å². The first-order valence-electron chi connectivity index (χ1n) is 7.49. The van der Waals surface area contributed by atoms with Crippen LogP contribution in [0.5, 0.6) is 0 Å². The molecule has 1 unspecified atom stereocenters. The number of furan rings is 1. The Morgan fingerprint density at radius 2 is 2.04 bits per heavy atom. The second kappa shape index (κ2) is 5.72. The van der Waals surface area contributed by atoms with Gasteiger partial charge in [0.1, 0.15) is 0 Å². The van der Waals surface area contributed by atoms with Gasteiger partial charge in [-0.2, -0.15) is 4.98 Å². The SMILES string of the molecule is O=C1CC(c2noc(-c3ccco3)n2)CN1Cc1ccccc1. The molecule has 23 heavy (non-hydrogen) atoms. The van der Waals surface area contributed by atoms with Gasteiger partial charge in [0.25, 0.3) is 5.89 Å². The Bertz CT molecular complexity index is 796. The molecule has 1 aliphatic heterocycles. The van der Waals surface area contributed by atoms with E-state index >= 15 is 0 Å². The quantitative estimate of drug-likeness (QED) is 0.741. The lowest BCUT2D eigenvalue weighted by molar-refractivity contribution is -0.128. The molecule has 3 aromatic rings. The van der Waals surface area contributed by atoms with Gasteiger partial charge in [-0.15, -0.1) is 0 Å². The zero-order chi connectivity index (χ0) is 15.6. The van der Waals surface area contributed by atoms with Crippen LogP contribution in [-0.4, -0.2) is 27.5 Å². The third-order valence-electron chi connectivity index (χ3n) is 3.97. The van der Waals surface area contributed by atoms with Crippen LogP contribution in [0.25, 0.3) is 11.7 Å². The van der Waals surface area contributed by atoms with Gasteiger partial charge in [0.2, 0.25) is 5.91 Å². The largest absolute Gasteiger partial charge is 0.459 e. The summed E-state index contributed by atoms with van der Waals surface area (Å²) < 4.78 is 10.5. The molecule has 0 aliphatic carbocycles. The summed E-state index contributed by atoms with van der Waals surface area (Å²) in [5.74, 6) is 1.51. The summed E-state index contributed by atoms with van der Waals surface area (Å²) in [7, 11) is 0. The fourth-order valence-corrected chi connectivity index (χ4v) is 2.80. The molecule has 0 radical (unpaired) electrons. The number of rotatable bonds is 4. The maximum atomic E-state index is 12.2. The third kappa shape index (κ3) is 2.75. The molecule has 0 N–H and O–H groups in total. The molecular weight excluding hydrogens is 294 g/mol. The molecule has 0 spiro atoms. The van der Waals surface area contributed by atoms with Gasteiger partial charge in [-0.05, 0) is 17.7 Å². The maximum absolute atomic E-state index is 12.2. The van der Waals surface area contributed by atoms with E-state index in [4.69, 9.17) is 8.94 Å². The van der Waals surface area contributed by atoms with Crippen molar-refractivity contribution < 1.29 is 13.7 Å². The molecule has 0 bridgehead atoms. The molecule has 6 nitrogen and oxygen atoms in total. The first-order chi connectivity index (χ1) is 11.3. The van der Waals surface area contributed by atoms with E-state index < -0.39 is 0 Å². The lowest BCUT2D eigenvalue weighted by atomic mass is 10.1. The van der Waals surface area contributed by atoms with Crippen molar-refractivity contribution in [1.29, 1.82) is 0 Å². The molecule has 116 valence electrons. The molecule has 3 heterocycles. The second-order valence-electron chi connectivity index (χ2n) is 5.60. The van der Waals surface area contributed by atoms with Gasteiger partial charge in [0, 0.05) is 25.4 Å². The van der Waals surface area contributed by atoms with E-state index in [1.54, 1.807) is 18.4 Å². The van der Waals surface area contributed by atoms with Crippen molar-refractivity contribution >= 4 is 5.91 Å². The molecule has 1 fully saturated rings. The smallest absolute Gasteiger partial charge is 0.293 e. The number of hydrogen-bond acceptors (Lipinski definition) is 5. The highest BCUT2D eigenvalue weighted by molar-refractivity contribution is 5.79. The summed E-state index contributed by atoms with van der Waals surface area (Å²) in [5.41, 5.74) is 1.12. The standard InChI is InChI=1S/C17H15N3O3/c21-15-9-13(11-20(15)10-12-5-2-1-3-6-12)16-18-17(23-19-16)14-7-4-8-22-14/h1-8,13H,9-11H2. The predicted octanol–water partition coefficient (Wildman–Crippen LogP) is 2.85. The van der Waals surface area contributed by atoms with E-state index in [0.29, 0.717) is 37.0 Å². The number of amides is 1. The van der Waals surface area contributed by atoms with Gasteiger partial charge in [-0.1, -0.05) is 35.5 Å². The Morgan fingerprint density at radius 1 is 1.17 bits per heavy atom. The fraction of sp³-hybridized carbons (Fsp3) is 0.235.